The molecule has 0 saturated heterocycles. The molecule has 9 nitrogen and oxygen atoms in total. The van der Waals surface area contributed by atoms with Crippen LogP contribution < -0.4 is 19.5 Å². The zero-order valence-electron chi connectivity index (χ0n) is 19.9. The van der Waals surface area contributed by atoms with Crippen molar-refractivity contribution in [1.82, 2.24) is 0 Å². The highest BCUT2D eigenvalue weighted by Crippen LogP contribution is 2.33. The van der Waals surface area contributed by atoms with Crippen LogP contribution in [0.5, 0.6) is 17.2 Å². The summed E-state index contributed by atoms with van der Waals surface area (Å²) in [5, 5.41) is 14.1. The minimum Gasteiger partial charge on any atom is -0.493 e. The molecular formula is C27H24NO8. The molecule has 185 valence electrons. The Labute approximate surface area is 207 Å². The smallest absolute Gasteiger partial charge is 0.388 e. The molecular weight excluding hydrogens is 466 g/mol. The van der Waals surface area contributed by atoms with Crippen LogP contribution in [0.1, 0.15) is 31.8 Å². The van der Waals surface area contributed by atoms with Crippen molar-refractivity contribution < 1.29 is 38.4 Å². The number of carbonyl (C=O) groups excluding carboxylic acids is 3. The number of anilines is 1. The van der Waals surface area contributed by atoms with Gasteiger partial charge in [0.2, 0.25) is 5.91 Å². The van der Waals surface area contributed by atoms with E-state index >= 15 is 0 Å². The molecule has 0 aliphatic rings. The van der Waals surface area contributed by atoms with Gasteiger partial charge in [0.1, 0.15) is 12.4 Å². The van der Waals surface area contributed by atoms with E-state index in [4.69, 9.17) is 18.9 Å². The number of benzene rings is 3. The monoisotopic (exact) mass is 490 g/mol. The van der Waals surface area contributed by atoms with Crippen LogP contribution in [0.25, 0.3) is 6.08 Å². The van der Waals surface area contributed by atoms with Crippen LogP contribution in [0.4, 0.5) is 5.69 Å². The fraction of sp³-hybridized carbons (Fsp3) is 0.148. The maximum atomic E-state index is 12.6. The first-order valence-corrected chi connectivity index (χ1v) is 10.7. The van der Waals surface area contributed by atoms with E-state index in [0.29, 0.717) is 16.9 Å². The predicted octanol–water partition coefficient (Wildman–Crippen LogP) is 4.29. The van der Waals surface area contributed by atoms with Gasteiger partial charge in [-0.2, -0.15) is 0 Å². The fourth-order valence-electron chi connectivity index (χ4n) is 3.26. The van der Waals surface area contributed by atoms with Crippen LogP contribution in [0.2, 0.25) is 0 Å². The van der Waals surface area contributed by atoms with E-state index in [2.05, 4.69) is 5.32 Å². The zero-order valence-corrected chi connectivity index (χ0v) is 19.9. The molecule has 0 heterocycles. The third kappa shape index (κ3) is 6.41. The van der Waals surface area contributed by atoms with Gasteiger partial charge in [0.15, 0.2) is 11.5 Å². The molecule has 0 fully saturated rings. The van der Waals surface area contributed by atoms with Gasteiger partial charge in [-0.05, 0) is 29.8 Å². The van der Waals surface area contributed by atoms with Gasteiger partial charge >= 0.3 is 11.9 Å². The molecule has 0 atom stereocenters. The summed E-state index contributed by atoms with van der Waals surface area (Å²) in [5.41, 5.74) is 1.65. The summed E-state index contributed by atoms with van der Waals surface area (Å²) < 4.78 is 20.9. The largest absolute Gasteiger partial charge is 0.493 e. The molecule has 0 spiro atoms. The average molecular weight is 490 g/mol. The number of esters is 1. The number of hydrogen-bond donors (Lipinski definition) is 1. The number of para-hydroxylation sites is 1. The summed E-state index contributed by atoms with van der Waals surface area (Å²) in [6.07, 6.45) is 2.80. The number of carbonyl (C=O) groups is 3. The number of methoxy groups -OCH3 is 3. The Morgan fingerprint density at radius 1 is 0.861 bits per heavy atom. The minimum absolute atomic E-state index is 0.00207. The van der Waals surface area contributed by atoms with Crippen molar-refractivity contribution in [2.24, 2.45) is 0 Å². The average Bonchev–Trinajstić information content (AvgIpc) is 2.90. The van der Waals surface area contributed by atoms with Crippen molar-refractivity contribution >= 4 is 29.6 Å². The third-order valence-electron chi connectivity index (χ3n) is 5.10. The summed E-state index contributed by atoms with van der Waals surface area (Å²) in [5.74, 6) is -1.50. The first-order valence-electron chi connectivity index (χ1n) is 10.7. The van der Waals surface area contributed by atoms with Gasteiger partial charge in [-0.15, -0.1) is 0 Å². The predicted molar refractivity (Wildman–Crippen MR) is 131 cm³/mol. The summed E-state index contributed by atoms with van der Waals surface area (Å²) in [6, 6.07) is 16.5. The van der Waals surface area contributed by atoms with Crippen LogP contribution in [-0.4, -0.2) is 39.2 Å². The van der Waals surface area contributed by atoms with E-state index in [9.17, 15) is 19.5 Å². The quantitative estimate of drug-likeness (QED) is 0.332. The van der Waals surface area contributed by atoms with E-state index in [1.54, 1.807) is 54.6 Å². The first kappa shape index (κ1) is 25.8. The maximum absolute atomic E-state index is 12.6. The van der Waals surface area contributed by atoms with Crippen LogP contribution in [0, 0.1) is 0 Å². The number of rotatable bonds is 10. The molecule has 0 unspecified atom stereocenters. The third-order valence-corrected chi connectivity index (χ3v) is 5.10. The van der Waals surface area contributed by atoms with E-state index in [-0.39, 0.29) is 29.4 Å². The molecule has 3 rings (SSSR count). The van der Waals surface area contributed by atoms with Crippen LogP contribution in [0.3, 0.4) is 0 Å². The van der Waals surface area contributed by atoms with Gasteiger partial charge in [0.25, 0.3) is 0 Å². The van der Waals surface area contributed by atoms with Crippen molar-refractivity contribution in [3.63, 3.8) is 0 Å². The number of nitrogens with one attached hydrogen (secondary N) is 1. The van der Waals surface area contributed by atoms with E-state index in [1.807, 2.05) is 0 Å². The molecule has 36 heavy (non-hydrogen) atoms. The highest BCUT2D eigenvalue weighted by molar-refractivity contribution is 6.06. The molecule has 3 aromatic rings. The second-order valence-electron chi connectivity index (χ2n) is 7.38. The Morgan fingerprint density at radius 2 is 1.53 bits per heavy atom. The van der Waals surface area contributed by atoms with E-state index in [1.165, 1.54) is 39.5 Å². The van der Waals surface area contributed by atoms with Crippen molar-refractivity contribution in [1.29, 1.82) is 0 Å². The summed E-state index contributed by atoms with van der Waals surface area (Å²) in [6.45, 7) is 0.235. The van der Waals surface area contributed by atoms with Gasteiger partial charge in [0, 0.05) is 23.8 Å². The second-order valence-corrected chi connectivity index (χ2v) is 7.38. The molecule has 1 N–H and O–H groups in total. The lowest BCUT2D eigenvalue weighted by Gasteiger charge is -2.12. The van der Waals surface area contributed by atoms with E-state index < -0.39 is 17.8 Å². The normalized spacial score (nSPS) is 10.5. The van der Waals surface area contributed by atoms with Crippen LogP contribution in [-0.2, 0) is 21.2 Å². The highest BCUT2D eigenvalue weighted by atomic mass is 16.5. The number of ether oxygens (including phenoxy) is 4. The Balaban J connectivity index is 1.72. The molecule has 3 aromatic carbocycles. The Morgan fingerprint density at radius 3 is 2.17 bits per heavy atom. The van der Waals surface area contributed by atoms with Crippen molar-refractivity contribution in [2.75, 3.05) is 26.6 Å². The Hall–Kier alpha value is -4.79. The van der Waals surface area contributed by atoms with Gasteiger partial charge in [0.05, 0.1) is 38.1 Å². The molecule has 0 aliphatic heterocycles. The van der Waals surface area contributed by atoms with Crippen LogP contribution in [0.15, 0.2) is 66.7 Å². The number of hydrogen-bond acceptors (Lipinski definition) is 7. The van der Waals surface area contributed by atoms with Crippen molar-refractivity contribution in [3.05, 3.63) is 89.0 Å². The SMILES string of the molecule is COC(=O)c1ccc(COc2ccccc2/C=C/C(=O)Nc2cc(OC)c(OC)cc2C([O])=O)cc1. The maximum Gasteiger partial charge on any atom is 0.388 e. The van der Waals surface area contributed by atoms with Crippen molar-refractivity contribution in [2.45, 2.75) is 6.61 Å². The summed E-state index contributed by atoms with van der Waals surface area (Å²) >= 11 is 0. The standard InChI is InChI=1S/C27H24NO8/c1-33-23-14-20(26(30)31)21(15-24(23)34-2)28-25(29)13-12-18-6-4-5-7-22(18)36-16-17-8-10-19(11-9-17)27(32)35-3/h4-15H,16H2,1-3H3,(H,28,29)/b13-12+. The molecule has 0 aromatic heterocycles. The topological polar surface area (TPSA) is 120 Å². The van der Waals surface area contributed by atoms with Gasteiger partial charge in [-0.25, -0.2) is 14.7 Å². The lowest BCUT2D eigenvalue weighted by Crippen LogP contribution is -2.12. The zero-order chi connectivity index (χ0) is 26.1. The van der Waals surface area contributed by atoms with Gasteiger partial charge in [-0.3, -0.25) is 4.79 Å². The van der Waals surface area contributed by atoms with Crippen molar-refractivity contribution in [3.8, 4) is 17.2 Å². The molecule has 9 heteroatoms. The lowest BCUT2D eigenvalue weighted by atomic mass is 10.1. The number of amides is 1. The van der Waals surface area contributed by atoms with E-state index in [0.717, 1.165) is 5.56 Å². The highest BCUT2D eigenvalue weighted by Gasteiger charge is 2.18. The Kier molecular flexibility index (Phi) is 8.66. The molecule has 0 saturated carbocycles. The fourth-order valence-corrected chi connectivity index (χ4v) is 3.26. The van der Waals surface area contributed by atoms with Crippen LogP contribution >= 0.6 is 0 Å². The molecule has 0 bridgehead atoms. The van der Waals surface area contributed by atoms with Gasteiger partial charge < -0.3 is 24.3 Å². The second kappa shape index (κ2) is 12.1. The molecule has 1 amide bonds. The Bertz CT molecular complexity index is 1280. The van der Waals surface area contributed by atoms with Gasteiger partial charge in [-0.1, -0.05) is 30.3 Å². The summed E-state index contributed by atoms with van der Waals surface area (Å²) in [7, 11) is 4.08. The minimum atomic E-state index is -1.48. The molecule has 1 radical (unpaired) electrons. The lowest BCUT2D eigenvalue weighted by molar-refractivity contribution is -0.111. The first-order chi connectivity index (χ1) is 17.4. The molecule has 0 aliphatic carbocycles. The summed E-state index contributed by atoms with van der Waals surface area (Å²) in [4.78, 5) is 35.7.